The number of hydrogen-bond donors (Lipinski definition) is 1. The van der Waals surface area contributed by atoms with Gasteiger partial charge in [-0.05, 0) is 48.7 Å². The van der Waals surface area contributed by atoms with Gasteiger partial charge in [0.15, 0.2) is 0 Å². The second-order valence-electron chi connectivity index (χ2n) is 5.24. The number of benzene rings is 2. The molecule has 2 aromatic rings. The van der Waals surface area contributed by atoms with Crippen molar-refractivity contribution in [3.8, 4) is 11.5 Å². The molecule has 1 unspecified atom stereocenters. The third kappa shape index (κ3) is 2.31. The molecule has 20 heavy (non-hydrogen) atoms. The van der Waals surface area contributed by atoms with Crippen LogP contribution in [0.3, 0.4) is 0 Å². The molecule has 0 amide bonds. The average Bonchev–Trinajstić information content (AvgIpc) is 2.46. The van der Waals surface area contributed by atoms with Crippen LogP contribution in [-0.4, -0.2) is 13.7 Å². The van der Waals surface area contributed by atoms with Gasteiger partial charge in [0.1, 0.15) is 18.1 Å². The van der Waals surface area contributed by atoms with Gasteiger partial charge in [0.2, 0.25) is 0 Å². The first kappa shape index (κ1) is 12.9. The summed E-state index contributed by atoms with van der Waals surface area (Å²) >= 11 is 0. The fourth-order valence-electron chi connectivity index (χ4n) is 2.58. The van der Waals surface area contributed by atoms with Gasteiger partial charge in [-0.1, -0.05) is 18.2 Å². The summed E-state index contributed by atoms with van der Waals surface area (Å²) in [5.41, 5.74) is 4.65. The molecule has 1 aliphatic heterocycles. The first-order chi connectivity index (χ1) is 9.67. The van der Waals surface area contributed by atoms with Crippen LogP contribution < -0.4 is 14.8 Å². The van der Waals surface area contributed by atoms with Gasteiger partial charge in [0.25, 0.3) is 0 Å². The molecule has 0 spiro atoms. The van der Waals surface area contributed by atoms with E-state index in [-0.39, 0.29) is 6.04 Å². The maximum Gasteiger partial charge on any atom is 0.142 e. The zero-order valence-electron chi connectivity index (χ0n) is 12.1. The topological polar surface area (TPSA) is 30.5 Å². The van der Waals surface area contributed by atoms with Crippen LogP contribution >= 0.6 is 0 Å². The Kier molecular flexibility index (Phi) is 3.26. The van der Waals surface area contributed by atoms with Crippen molar-refractivity contribution in [2.45, 2.75) is 19.9 Å². The van der Waals surface area contributed by atoms with E-state index in [4.69, 9.17) is 9.47 Å². The summed E-state index contributed by atoms with van der Waals surface area (Å²) in [6.07, 6.45) is 0. The largest absolute Gasteiger partial charge is 0.496 e. The predicted molar refractivity (Wildman–Crippen MR) is 80.8 cm³/mol. The van der Waals surface area contributed by atoms with Gasteiger partial charge >= 0.3 is 0 Å². The van der Waals surface area contributed by atoms with E-state index in [0.717, 1.165) is 22.7 Å². The Morgan fingerprint density at radius 3 is 2.75 bits per heavy atom. The fourth-order valence-corrected chi connectivity index (χ4v) is 2.58. The molecular formula is C17H19NO2. The van der Waals surface area contributed by atoms with Crippen LogP contribution in [0.15, 0.2) is 36.4 Å². The lowest BCUT2D eigenvalue weighted by Gasteiger charge is -2.28. The summed E-state index contributed by atoms with van der Waals surface area (Å²) < 4.78 is 11.2. The van der Waals surface area contributed by atoms with Crippen molar-refractivity contribution in [1.29, 1.82) is 0 Å². The van der Waals surface area contributed by atoms with Gasteiger partial charge in [-0.3, -0.25) is 0 Å². The van der Waals surface area contributed by atoms with E-state index in [1.807, 2.05) is 12.1 Å². The summed E-state index contributed by atoms with van der Waals surface area (Å²) in [6.45, 7) is 4.79. The molecule has 0 aliphatic carbocycles. The summed E-state index contributed by atoms with van der Waals surface area (Å²) in [5.74, 6) is 1.85. The summed E-state index contributed by atoms with van der Waals surface area (Å²) in [5, 5.41) is 3.55. The molecule has 104 valence electrons. The number of fused-ring (bicyclic) bond motifs is 1. The summed E-state index contributed by atoms with van der Waals surface area (Å²) in [4.78, 5) is 0. The molecule has 0 fully saturated rings. The first-order valence-electron chi connectivity index (χ1n) is 6.82. The Balaban J connectivity index is 1.88. The smallest absolute Gasteiger partial charge is 0.142 e. The Labute approximate surface area is 119 Å². The predicted octanol–water partition coefficient (Wildman–Crippen LogP) is 3.86. The molecule has 0 saturated heterocycles. The second kappa shape index (κ2) is 5.08. The zero-order chi connectivity index (χ0) is 14.1. The lowest BCUT2D eigenvalue weighted by atomic mass is 10.0. The Morgan fingerprint density at radius 2 is 2.00 bits per heavy atom. The Morgan fingerprint density at radius 1 is 1.15 bits per heavy atom. The van der Waals surface area contributed by atoms with E-state index in [1.165, 1.54) is 11.1 Å². The van der Waals surface area contributed by atoms with Crippen molar-refractivity contribution in [2.75, 3.05) is 19.0 Å². The number of nitrogens with one attached hydrogen (secondary N) is 1. The van der Waals surface area contributed by atoms with Crippen LogP contribution in [0, 0.1) is 13.8 Å². The molecule has 0 saturated carbocycles. The molecule has 1 aliphatic rings. The molecular weight excluding hydrogens is 250 g/mol. The van der Waals surface area contributed by atoms with E-state index in [0.29, 0.717) is 6.61 Å². The van der Waals surface area contributed by atoms with Gasteiger partial charge in [-0.15, -0.1) is 0 Å². The van der Waals surface area contributed by atoms with Crippen molar-refractivity contribution in [3.63, 3.8) is 0 Å². The minimum absolute atomic E-state index is 0.175. The van der Waals surface area contributed by atoms with Crippen LogP contribution in [0.1, 0.15) is 22.7 Å². The quantitative estimate of drug-likeness (QED) is 0.898. The highest BCUT2D eigenvalue weighted by Crippen LogP contribution is 2.35. The molecule has 1 N–H and O–H groups in total. The number of anilines is 1. The minimum Gasteiger partial charge on any atom is -0.496 e. The SMILES string of the molecule is COc1ccc(C2COc3ccc(C)cc3N2)cc1C. The highest BCUT2D eigenvalue weighted by Gasteiger charge is 2.20. The van der Waals surface area contributed by atoms with Crippen LogP contribution in [0.25, 0.3) is 0 Å². The van der Waals surface area contributed by atoms with Crippen LogP contribution in [0.2, 0.25) is 0 Å². The van der Waals surface area contributed by atoms with Crippen molar-refractivity contribution >= 4 is 5.69 Å². The maximum absolute atomic E-state index is 5.85. The van der Waals surface area contributed by atoms with Crippen molar-refractivity contribution in [3.05, 3.63) is 53.1 Å². The molecule has 0 radical (unpaired) electrons. The Bertz CT molecular complexity index is 637. The highest BCUT2D eigenvalue weighted by atomic mass is 16.5. The zero-order valence-corrected chi connectivity index (χ0v) is 12.1. The molecule has 1 atom stereocenters. The number of aryl methyl sites for hydroxylation is 2. The van der Waals surface area contributed by atoms with Gasteiger partial charge < -0.3 is 14.8 Å². The molecule has 3 heteroatoms. The number of rotatable bonds is 2. The van der Waals surface area contributed by atoms with Gasteiger partial charge in [0, 0.05) is 0 Å². The van der Waals surface area contributed by atoms with Gasteiger partial charge in [-0.2, -0.15) is 0 Å². The van der Waals surface area contributed by atoms with Crippen molar-refractivity contribution < 1.29 is 9.47 Å². The van der Waals surface area contributed by atoms with Gasteiger partial charge in [0.05, 0.1) is 18.8 Å². The van der Waals surface area contributed by atoms with E-state index < -0.39 is 0 Å². The molecule has 3 rings (SSSR count). The fraction of sp³-hybridized carbons (Fsp3) is 0.294. The van der Waals surface area contributed by atoms with Crippen LogP contribution in [0.4, 0.5) is 5.69 Å². The highest BCUT2D eigenvalue weighted by molar-refractivity contribution is 5.60. The number of methoxy groups -OCH3 is 1. The molecule has 0 bridgehead atoms. The number of hydrogen-bond acceptors (Lipinski definition) is 3. The molecule has 1 heterocycles. The first-order valence-corrected chi connectivity index (χ1v) is 6.82. The number of ether oxygens (including phenoxy) is 2. The monoisotopic (exact) mass is 269 g/mol. The van der Waals surface area contributed by atoms with Gasteiger partial charge in [-0.25, -0.2) is 0 Å². The van der Waals surface area contributed by atoms with E-state index >= 15 is 0 Å². The molecule has 0 aromatic heterocycles. The second-order valence-corrected chi connectivity index (χ2v) is 5.24. The average molecular weight is 269 g/mol. The third-order valence-corrected chi connectivity index (χ3v) is 3.69. The Hall–Kier alpha value is -2.16. The van der Waals surface area contributed by atoms with Crippen LogP contribution in [-0.2, 0) is 0 Å². The normalized spacial score (nSPS) is 16.9. The maximum atomic E-state index is 5.85. The lowest BCUT2D eigenvalue weighted by Crippen LogP contribution is -2.24. The van der Waals surface area contributed by atoms with Crippen molar-refractivity contribution in [1.82, 2.24) is 0 Å². The van der Waals surface area contributed by atoms with Crippen LogP contribution in [0.5, 0.6) is 11.5 Å². The van der Waals surface area contributed by atoms with E-state index in [9.17, 15) is 0 Å². The van der Waals surface area contributed by atoms with Crippen molar-refractivity contribution in [2.24, 2.45) is 0 Å². The standard InChI is InChI=1S/C17H19NO2/c1-11-4-6-17-14(8-11)18-15(10-20-17)13-5-7-16(19-3)12(2)9-13/h4-9,15,18H,10H2,1-3H3. The van der Waals surface area contributed by atoms with E-state index in [2.05, 4.69) is 43.4 Å². The lowest BCUT2D eigenvalue weighted by molar-refractivity contribution is 0.286. The summed E-state index contributed by atoms with van der Waals surface area (Å²) in [6, 6.07) is 12.6. The molecule has 3 nitrogen and oxygen atoms in total. The minimum atomic E-state index is 0.175. The summed E-state index contributed by atoms with van der Waals surface area (Å²) in [7, 11) is 1.70. The van der Waals surface area contributed by atoms with E-state index in [1.54, 1.807) is 7.11 Å². The molecule has 2 aromatic carbocycles. The third-order valence-electron chi connectivity index (χ3n) is 3.69.